The summed E-state index contributed by atoms with van der Waals surface area (Å²) in [7, 11) is -3.27. The normalized spacial score (nSPS) is 19.2. The highest BCUT2D eigenvalue weighted by Crippen LogP contribution is 2.34. The van der Waals surface area contributed by atoms with Crippen molar-refractivity contribution in [1.29, 1.82) is 0 Å². The van der Waals surface area contributed by atoms with Crippen LogP contribution in [0.4, 0.5) is 18.9 Å². The third-order valence-corrected chi connectivity index (χ3v) is 6.08. The summed E-state index contributed by atoms with van der Waals surface area (Å²) >= 11 is 0. The van der Waals surface area contributed by atoms with Gasteiger partial charge in [-0.25, -0.2) is 8.42 Å². The molecule has 2 aromatic rings. The number of fused-ring (bicyclic) bond motifs is 1. The van der Waals surface area contributed by atoms with Gasteiger partial charge in [0.1, 0.15) is 0 Å². The Labute approximate surface area is 144 Å². The predicted molar refractivity (Wildman–Crippen MR) is 90.3 cm³/mol. The molecule has 0 spiro atoms. The number of sulfone groups is 1. The molecule has 1 unspecified atom stereocenters. The first-order chi connectivity index (χ1) is 11.7. The van der Waals surface area contributed by atoms with Crippen LogP contribution in [0, 0.1) is 0 Å². The van der Waals surface area contributed by atoms with E-state index in [1.165, 1.54) is 0 Å². The van der Waals surface area contributed by atoms with Gasteiger partial charge in [-0.3, -0.25) is 0 Å². The molecule has 134 valence electrons. The van der Waals surface area contributed by atoms with Crippen LogP contribution in [0.5, 0.6) is 0 Å². The van der Waals surface area contributed by atoms with E-state index in [-0.39, 0.29) is 18.2 Å². The molecule has 0 aliphatic carbocycles. The largest absolute Gasteiger partial charge is 0.389 e. The predicted octanol–water partition coefficient (Wildman–Crippen LogP) is 4.51. The highest BCUT2D eigenvalue weighted by Gasteiger charge is 2.30. The van der Waals surface area contributed by atoms with Crippen LogP contribution in [-0.4, -0.2) is 20.3 Å². The molecule has 2 aromatic carbocycles. The Morgan fingerprint density at radius 2 is 1.84 bits per heavy atom. The van der Waals surface area contributed by atoms with Crippen LogP contribution in [0.15, 0.2) is 53.4 Å². The highest BCUT2D eigenvalue weighted by molar-refractivity contribution is 7.91. The Morgan fingerprint density at radius 3 is 2.60 bits per heavy atom. The number of aryl methyl sites for hydroxylation is 1. The van der Waals surface area contributed by atoms with Crippen molar-refractivity contribution >= 4 is 15.5 Å². The molecule has 0 bridgehead atoms. The molecule has 25 heavy (non-hydrogen) atoms. The van der Waals surface area contributed by atoms with Crippen molar-refractivity contribution < 1.29 is 21.6 Å². The Morgan fingerprint density at radius 1 is 1.08 bits per heavy atom. The number of rotatable bonds is 4. The Bertz CT molecular complexity index is 863. The molecular formula is C18H18F3NO2S. The van der Waals surface area contributed by atoms with E-state index in [0.717, 1.165) is 0 Å². The van der Waals surface area contributed by atoms with Crippen molar-refractivity contribution in [3.05, 3.63) is 59.7 Å². The molecule has 3 nitrogen and oxygen atoms in total. The monoisotopic (exact) mass is 369 g/mol. The smallest absolute Gasteiger partial charge is 0.378 e. The first kappa shape index (κ1) is 17.8. The lowest BCUT2D eigenvalue weighted by atomic mass is 10.0. The third kappa shape index (κ3) is 4.34. The molecule has 0 fully saturated rings. The van der Waals surface area contributed by atoms with Gasteiger partial charge in [0, 0.05) is 12.1 Å². The van der Waals surface area contributed by atoms with E-state index >= 15 is 0 Å². The second-order valence-electron chi connectivity index (χ2n) is 6.16. The average molecular weight is 369 g/mol. The molecule has 1 aliphatic rings. The quantitative estimate of drug-likeness (QED) is 0.862. The van der Waals surface area contributed by atoms with E-state index in [9.17, 15) is 21.6 Å². The first-order valence-corrected chi connectivity index (χ1v) is 9.64. The zero-order valence-electron chi connectivity index (χ0n) is 13.4. The summed E-state index contributed by atoms with van der Waals surface area (Å²) in [5.74, 6) is 0.0510. The molecular weight excluding hydrogens is 351 g/mol. The summed E-state index contributed by atoms with van der Waals surface area (Å²) in [6.07, 6.45) is -4.69. The molecule has 0 saturated heterocycles. The molecule has 1 aliphatic heterocycles. The van der Waals surface area contributed by atoms with Crippen molar-refractivity contribution in [2.75, 3.05) is 11.1 Å². The fourth-order valence-corrected chi connectivity index (χ4v) is 4.67. The van der Waals surface area contributed by atoms with Gasteiger partial charge in [0.15, 0.2) is 9.84 Å². The summed E-state index contributed by atoms with van der Waals surface area (Å²) in [5.41, 5.74) is 1.99. The van der Waals surface area contributed by atoms with Gasteiger partial charge in [-0.2, -0.15) is 13.2 Å². The van der Waals surface area contributed by atoms with E-state index in [0.29, 0.717) is 28.1 Å². The van der Waals surface area contributed by atoms with Crippen molar-refractivity contribution in [2.24, 2.45) is 0 Å². The van der Waals surface area contributed by atoms with Gasteiger partial charge in [-0.15, -0.1) is 0 Å². The minimum Gasteiger partial charge on any atom is -0.378 e. The van der Waals surface area contributed by atoms with E-state index in [1.54, 1.807) is 48.5 Å². The Balaban J connectivity index is 1.79. The maximum absolute atomic E-state index is 12.4. The van der Waals surface area contributed by atoms with Crippen LogP contribution in [0.2, 0.25) is 0 Å². The number of alkyl halides is 3. The van der Waals surface area contributed by atoms with Crippen molar-refractivity contribution in [1.82, 2.24) is 0 Å². The van der Waals surface area contributed by atoms with E-state index in [1.807, 2.05) is 0 Å². The fourth-order valence-electron chi connectivity index (χ4n) is 3.04. The van der Waals surface area contributed by atoms with Crippen LogP contribution in [0.25, 0.3) is 0 Å². The minimum absolute atomic E-state index is 0.0510. The van der Waals surface area contributed by atoms with Crippen LogP contribution in [0.1, 0.15) is 30.0 Å². The maximum Gasteiger partial charge on any atom is 0.389 e. The van der Waals surface area contributed by atoms with Crippen LogP contribution in [0.3, 0.4) is 0 Å². The van der Waals surface area contributed by atoms with E-state index in [2.05, 4.69) is 5.32 Å². The summed E-state index contributed by atoms with van der Waals surface area (Å²) in [5, 5.41) is 3.27. The average Bonchev–Trinajstić information content (AvgIpc) is 2.56. The van der Waals surface area contributed by atoms with Gasteiger partial charge < -0.3 is 5.32 Å². The Hall–Kier alpha value is -2.02. The number of hydrogen-bond donors (Lipinski definition) is 1. The molecule has 1 atom stereocenters. The summed E-state index contributed by atoms with van der Waals surface area (Å²) in [4.78, 5) is 0.326. The van der Waals surface area contributed by atoms with Crippen LogP contribution < -0.4 is 5.32 Å². The lowest BCUT2D eigenvalue weighted by Crippen LogP contribution is -2.24. The third-order valence-electron chi connectivity index (χ3n) is 4.27. The fraction of sp³-hybridized carbons (Fsp3) is 0.333. The molecule has 1 N–H and O–H groups in total. The molecule has 0 amide bonds. The maximum atomic E-state index is 12.4. The van der Waals surface area contributed by atoms with E-state index < -0.39 is 22.4 Å². The zero-order valence-corrected chi connectivity index (χ0v) is 14.2. The van der Waals surface area contributed by atoms with Crippen molar-refractivity contribution in [3.8, 4) is 0 Å². The minimum atomic E-state index is -4.18. The first-order valence-electron chi connectivity index (χ1n) is 7.98. The standard InChI is InChI=1S/C18H18F3NO2S/c19-18(20,21)10-8-13-4-3-5-14(12-13)22-16-9-11-25(23,24)17-7-2-1-6-15(16)17/h1-7,12,16,22H,8-11H2. The molecule has 0 saturated carbocycles. The zero-order chi connectivity index (χ0) is 18.1. The molecule has 3 rings (SSSR count). The number of hydrogen-bond acceptors (Lipinski definition) is 3. The van der Waals surface area contributed by atoms with Crippen molar-refractivity contribution in [2.45, 2.75) is 36.4 Å². The van der Waals surface area contributed by atoms with Gasteiger partial charge >= 0.3 is 6.18 Å². The van der Waals surface area contributed by atoms with Crippen molar-refractivity contribution in [3.63, 3.8) is 0 Å². The van der Waals surface area contributed by atoms with E-state index in [4.69, 9.17) is 0 Å². The molecule has 7 heteroatoms. The summed E-state index contributed by atoms with van der Waals surface area (Å²) < 4.78 is 61.5. The van der Waals surface area contributed by atoms with Gasteiger partial charge in [0.2, 0.25) is 0 Å². The summed E-state index contributed by atoms with van der Waals surface area (Å²) in [6, 6.07) is 13.5. The second-order valence-corrected chi connectivity index (χ2v) is 8.24. The number of halogens is 3. The van der Waals surface area contributed by atoms with Gasteiger partial charge in [0.05, 0.1) is 16.7 Å². The lowest BCUT2D eigenvalue weighted by Gasteiger charge is -2.27. The van der Waals surface area contributed by atoms with Gasteiger partial charge in [-0.1, -0.05) is 30.3 Å². The molecule has 0 aromatic heterocycles. The topological polar surface area (TPSA) is 46.2 Å². The summed E-state index contributed by atoms with van der Waals surface area (Å²) in [6.45, 7) is 0. The Kier molecular flexibility index (Phi) is 4.77. The van der Waals surface area contributed by atoms with Gasteiger partial charge in [0.25, 0.3) is 0 Å². The van der Waals surface area contributed by atoms with Crippen LogP contribution in [-0.2, 0) is 16.3 Å². The molecule has 0 radical (unpaired) electrons. The van der Waals surface area contributed by atoms with Gasteiger partial charge in [-0.05, 0) is 42.2 Å². The van der Waals surface area contributed by atoms with Crippen LogP contribution >= 0.6 is 0 Å². The highest BCUT2D eigenvalue weighted by atomic mass is 32.2. The molecule has 1 heterocycles. The second kappa shape index (κ2) is 6.71. The number of anilines is 1. The number of nitrogens with one attached hydrogen (secondary N) is 1. The number of benzene rings is 2. The lowest BCUT2D eigenvalue weighted by molar-refractivity contribution is -0.133. The SMILES string of the molecule is O=S1(=O)CCC(Nc2cccc(CCC(F)(F)F)c2)c2ccccc21.